The number of nitrogens with two attached hydrogens (primary N) is 1. The molecular formula is C11H12ClN5O2S. The Morgan fingerprint density at radius 2 is 1.90 bits per heavy atom. The van der Waals surface area contributed by atoms with Crippen LogP contribution in [-0.4, -0.2) is 23.6 Å². The number of aryl methyl sites for hydroxylation is 2. The Morgan fingerprint density at radius 1 is 1.20 bits per heavy atom. The first-order valence-corrected chi connectivity index (χ1v) is 7.41. The van der Waals surface area contributed by atoms with Crippen LogP contribution in [0.5, 0.6) is 0 Å². The van der Waals surface area contributed by atoms with E-state index < -0.39 is 10.0 Å². The van der Waals surface area contributed by atoms with E-state index in [1.54, 1.807) is 13.8 Å². The molecule has 0 saturated heterocycles. The number of sulfonamides is 1. The van der Waals surface area contributed by atoms with Crippen LogP contribution < -0.4 is 10.5 Å². The number of nitrogens with zero attached hydrogens (tertiary/aromatic N) is 3. The lowest BCUT2D eigenvalue weighted by Crippen LogP contribution is -2.16. The quantitative estimate of drug-likeness (QED) is 0.831. The number of nitrogens with one attached hydrogen (secondary N) is 1. The third-order valence-corrected chi connectivity index (χ3v) is 4.25. The highest BCUT2D eigenvalue weighted by atomic mass is 35.5. The maximum absolute atomic E-state index is 12.1. The first kappa shape index (κ1) is 14.5. The fraction of sp³-hybridized carbons (Fsp3) is 0.182. The van der Waals surface area contributed by atoms with E-state index in [0.29, 0.717) is 17.1 Å². The van der Waals surface area contributed by atoms with Crippen LogP contribution in [0, 0.1) is 13.8 Å². The topological polar surface area (TPSA) is 111 Å². The minimum absolute atomic E-state index is 0.0291. The van der Waals surface area contributed by atoms with E-state index >= 15 is 0 Å². The molecule has 0 spiro atoms. The van der Waals surface area contributed by atoms with E-state index in [1.807, 2.05) is 0 Å². The van der Waals surface area contributed by atoms with Gasteiger partial charge in [-0.2, -0.15) is 5.10 Å². The maximum atomic E-state index is 12.1. The molecule has 1 aromatic heterocycles. The maximum Gasteiger partial charge on any atom is 0.264 e. The molecule has 0 aliphatic rings. The summed E-state index contributed by atoms with van der Waals surface area (Å²) in [4.78, 5) is 3.97. The lowest BCUT2D eigenvalue weighted by Gasteiger charge is -2.08. The van der Waals surface area contributed by atoms with Gasteiger partial charge in [-0.25, -0.2) is 18.1 Å². The highest BCUT2D eigenvalue weighted by Crippen LogP contribution is 2.23. The zero-order valence-corrected chi connectivity index (χ0v) is 12.3. The average molecular weight is 314 g/mol. The molecule has 9 heteroatoms. The lowest BCUT2D eigenvalue weighted by molar-refractivity contribution is 0.600. The molecule has 0 radical (unpaired) electrons. The summed E-state index contributed by atoms with van der Waals surface area (Å²) >= 11 is 5.81. The van der Waals surface area contributed by atoms with Crippen molar-refractivity contribution >= 4 is 33.3 Å². The molecule has 106 valence electrons. The summed E-state index contributed by atoms with van der Waals surface area (Å²) in [7, 11) is -3.84. The number of rotatable bonds is 3. The monoisotopic (exact) mass is 313 g/mol. The van der Waals surface area contributed by atoms with Crippen molar-refractivity contribution in [2.75, 3.05) is 10.5 Å². The van der Waals surface area contributed by atoms with Crippen LogP contribution in [0.3, 0.4) is 0 Å². The number of anilines is 2. The average Bonchev–Trinajstić information content (AvgIpc) is 2.37. The molecule has 0 amide bonds. The highest BCUT2D eigenvalue weighted by molar-refractivity contribution is 7.92. The molecule has 2 rings (SSSR count). The van der Waals surface area contributed by atoms with Gasteiger partial charge in [0.15, 0.2) is 0 Å². The fourth-order valence-corrected chi connectivity index (χ4v) is 2.56. The number of hydrogen-bond donors (Lipinski definition) is 2. The van der Waals surface area contributed by atoms with Crippen molar-refractivity contribution in [3.63, 3.8) is 0 Å². The van der Waals surface area contributed by atoms with Gasteiger partial charge < -0.3 is 5.73 Å². The van der Waals surface area contributed by atoms with Crippen molar-refractivity contribution in [2.24, 2.45) is 0 Å². The van der Waals surface area contributed by atoms with E-state index in [0.717, 1.165) is 0 Å². The van der Waals surface area contributed by atoms with Crippen molar-refractivity contribution in [3.8, 4) is 0 Å². The van der Waals surface area contributed by atoms with Gasteiger partial charge in [-0.15, -0.1) is 5.10 Å². The van der Waals surface area contributed by atoms with Gasteiger partial charge in [-0.05, 0) is 32.0 Å². The van der Waals surface area contributed by atoms with Gasteiger partial charge in [0.1, 0.15) is 0 Å². The molecular weight excluding hydrogens is 302 g/mol. The second-order valence-electron chi connectivity index (χ2n) is 4.10. The van der Waals surface area contributed by atoms with E-state index in [-0.39, 0.29) is 15.9 Å². The Morgan fingerprint density at radius 3 is 2.50 bits per heavy atom. The third-order valence-electron chi connectivity index (χ3n) is 2.60. The predicted molar refractivity (Wildman–Crippen MR) is 76.0 cm³/mol. The minimum Gasteiger partial charge on any atom is -0.398 e. The molecule has 2 aromatic rings. The Hall–Kier alpha value is -1.93. The van der Waals surface area contributed by atoms with Gasteiger partial charge >= 0.3 is 0 Å². The lowest BCUT2D eigenvalue weighted by atomic mass is 10.3. The van der Waals surface area contributed by atoms with Crippen LogP contribution in [0.15, 0.2) is 23.1 Å². The first-order chi connectivity index (χ1) is 9.29. The molecule has 0 aliphatic heterocycles. The van der Waals surface area contributed by atoms with Gasteiger partial charge in [0.2, 0.25) is 0 Å². The predicted octanol–water partition coefficient (Wildman–Crippen LogP) is 1.52. The Labute approximate surface area is 121 Å². The molecule has 20 heavy (non-hydrogen) atoms. The van der Waals surface area contributed by atoms with Gasteiger partial charge in [-0.3, -0.25) is 0 Å². The molecule has 0 bridgehead atoms. The molecule has 7 nitrogen and oxygen atoms in total. The van der Waals surface area contributed by atoms with Crippen LogP contribution in [0.2, 0.25) is 5.02 Å². The van der Waals surface area contributed by atoms with Crippen LogP contribution in [0.4, 0.5) is 11.6 Å². The summed E-state index contributed by atoms with van der Waals surface area (Å²) in [6.07, 6.45) is 0. The van der Waals surface area contributed by atoms with Crippen molar-refractivity contribution in [1.29, 1.82) is 0 Å². The van der Waals surface area contributed by atoms with E-state index in [9.17, 15) is 8.42 Å². The Kier molecular flexibility index (Phi) is 3.78. The summed E-state index contributed by atoms with van der Waals surface area (Å²) in [5.74, 6) is -0.0963. The SMILES string of the molecule is Cc1nnc(NS(=O)(=O)c2ccc(N)c(Cl)c2)nc1C. The van der Waals surface area contributed by atoms with Crippen LogP contribution in [0.1, 0.15) is 11.4 Å². The standard InChI is InChI=1S/C11H12ClN5O2S/c1-6-7(2)15-16-11(14-6)17-20(18,19)8-3-4-10(13)9(12)5-8/h3-5H,13H2,1-2H3,(H,14,16,17). The summed E-state index contributed by atoms with van der Waals surface area (Å²) in [6, 6.07) is 4.02. The molecule has 0 saturated carbocycles. The smallest absolute Gasteiger partial charge is 0.264 e. The molecule has 0 unspecified atom stereocenters. The van der Waals surface area contributed by atoms with Crippen LogP contribution in [-0.2, 0) is 10.0 Å². The minimum atomic E-state index is -3.84. The number of aromatic nitrogens is 3. The summed E-state index contributed by atoms with van der Waals surface area (Å²) in [5.41, 5.74) is 7.06. The van der Waals surface area contributed by atoms with Gasteiger partial charge in [0, 0.05) is 0 Å². The number of benzene rings is 1. The molecule has 0 fully saturated rings. The molecule has 3 N–H and O–H groups in total. The first-order valence-electron chi connectivity index (χ1n) is 5.55. The largest absolute Gasteiger partial charge is 0.398 e. The normalized spacial score (nSPS) is 11.3. The summed E-state index contributed by atoms with van der Waals surface area (Å²) < 4.78 is 26.5. The Balaban J connectivity index is 2.35. The zero-order valence-electron chi connectivity index (χ0n) is 10.8. The molecule has 1 aromatic carbocycles. The van der Waals surface area contributed by atoms with E-state index in [1.165, 1.54) is 18.2 Å². The van der Waals surface area contributed by atoms with Gasteiger partial charge in [0.25, 0.3) is 16.0 Å². The van der Waals surface area contributed by atoms with Crippen molar-refractivity contribution in [3.05, 3.63) is 34.6 Å². The second-order valence-corrected chi connectivity index (χ2v) is 6.18. The van der Waals surface area contributed by atoms with Crippen LogP contribution in [0.25, 0.3) is 0 Å². The second kappa shape index (κ2) is 5.22. The van der Waals surface area contributed by atoms with Crippen molar-refractivity contribution in [1.82, 2.24) is 15.2 Å². The number of hydrogen-bond acceptors (Lipinski definition) is 6. The fourth-order valence-electron chi connectivity index (χ4n) is 1.35. The van der Waals surface area contributed by atoms with Gasteiger partial charge in [-0.1, -0.05) is 11.6 Å². The highest BCUT2D eigenvalue weighted by Gasteiger charge is 2.17. The van der Waals surface area contributed by atoms with Gasteiger partial charge in [0.05, 0.1) is 27.0 Å². The van der Waals surface area contributed by atoms with Crippen molar-refractivity contribution < 1.29 is 8.42 Å². The molecule has 0 atom stereocenters. The summed E-state index contributed by atoms with van der Waals surface area (Å²) in [5, 5.41) is 7.64. The number of nitrogen functional groups attached to an aromatic ring is 1. The zero-order chi connectivity index (χ0) is 14.9. The van der Waals surface area contributed by atoms with Crippen LogP contribution >= 0.6 is 11.6 Å². The number of halogens is 1. The molecule has 1 heterocycles. The molecule has 0 aliphatic carbocycles. The van der Waals surface area contributed by atoms with E-state index in [4.69, 9.17) is 17.3 Å². The Bertz CT molecular complexity index is 763. The van der Waals surface area contributed by atoms with E-state index in [2.05, 4.69) is 19.9 Å². The third kappa shape index (κ3) is 2.97. The summed E-state index contributed by atoms with van der Waals surface area (Å²) in [6.45, 7) is 3.44. The van der Waals surface area contributed by atoms with Crippen molar-refractivity contribution in [2.45, 2.75) is 18.7 Å².